The Labute approximate surface area is 139 Å². The van der Waals surface area contributed by atoms with Crippen molar-refractivity contribution in [1.82, 2.24) is 14.8 Å². The fraction of sp³-hybridized carbons (Fsp3) is 0.176. The fourth-order valence-corrected chi connectivity index (χ4v) is 3.42. The van der Waals surface area contributed by atoms with Gasteiger partial charge < -0.3 is 4.57 Å². The average molecular weight is 330 g/mol. The smallest absolute Gasteiger partial charge is 0.191 e. The second kappa shape index (κ2) is 6.99. The fourth-order valence-electron chi connectivity index (χ4n) is 2.27. The summed E-state index contributed by atoms with van der Waals surface area (Å²) in [6, 6.07) is 18.5. The SMILES string of the molecule is CC(c1ccccc1)n1cnnc1SCc1cccc(Cl)c1. The molecule has 0 amide bonds. The highest BCUT2D eigenvalue weighted by Crippen LogP contribution is 2.27. The van der Waals surface area contributed by atoms with Crippen molar-refractivity contribution in [2.75, 3.05) is 0 Å². The normalized spacial score (nSPS) is 12.3. The topological polar surface area (TPSA) is 30.7 Å². The van der Waals surface area contributed by atoms with Gasteiger partial charge >= 0.3 is 0 Å². The molecular weight excluding hydrogens is 314 g/mol. The third-order valence-electron chi connectivity index (χ3n) is 3.50. The van der Waals surface area contributed by atoms with E-state index < -0.39 is 0 Å². The molecule has 0 bridgehead atoms. The van der Waals surface area contributed by atoms with Gasteiger partial charge in [0, 0.05) is 10.8 Å². The number of hydrogen-bond donors (Lipinski definition) is 0. The molecule has 3 aromatic rings. The van der Waals surface area contributed by atoms with Crippen molar-refractivity contribution < 1.29 is 0 Å². The number of thioether (sulfide) groups is 1. The summed E-state index contributed by atoms with van der Waals surface area (Å²) in [5.41, 5.74) is 2.42. The van der Waals surface area contributed by atoms with Gasteiger partial charge in [0.05, 0.1) is 6.04 Å². The summed E-state index contributed by atoms with van der Waals surface area (Å²) < 4.78 is 2.10. The summed E-state index contributed by atoms with van der Waals surface area (Å²) in [6.45, 7) is 2.15. The Morgan fingerprint density at radius 2 is 1.95 bits per heavy atom. The Hall–Kier alpha value is -1.78. The van der Waals surface area contributed by atoms with Crippen molar-refractivity contribution in [2.24, 2.45) is 0 Å². The molecule has 0 aliphatic carbocycles. The molecule has 22 heavy (non-hydrogen) atoms. The van der Waals surface area contributed by atoms with E-state index in [0.29, 0.717) is 0 Å². The van der Waals surface area contributed by atoms with E-state index in [9.17, 15) is 0 Å². The van der Waals surface area contributed by atoms with E-state index in [1.807, 2.05) is 24.3 Å². The molecule has 0 aliphatic rings. The second-order valence-corrected chi connectivity index (χ2v) is 6.40. The van der Waals surface area contributed by atoms with Gasteiger partial charge in [0.1, 0.15) is 6.33 Å². The highest BCUT2D eigenvalue weighted by Gasteiger charge is 2.13. The lowest BCUT2D eigenvalue weighted by Gasteiger charge is -2.15. The molecule has 0 radical (unpaired) electrons. The van der Waals surface area contributed by atoms with Crippen LogP contribution in [0.3, 0.4) is 0 Å². The molecule has 1 aromatic heterocycles. The highest BCUT2D eigenvalue weighted by atomic mass is 35.5. The van der Waals surface area contributed by atoms with E-state index in [4.69, 9.17) is 11.6 Å². The lowest BCUT2D eigenvalue weighted by Crippen LogP contribution is -2.07. The molecule has 5 heteroatoms. The minimum atomic E-state index is 0.207. The molecule has 1 heterocycles. The third kappa shape index (κ3) is 3.51. The Kier molecular flexibility index (Phi) is 4.80. The van der Waals surface area contributed by atoms with Crippen LogP contribution < -0.4 is 0 Å². The van der Waals surface area contributed by atoms with Crippen LogP contribution in [0, 0.1) is 0 Å². The van der Waals surface area contributed by atoms with Gasteiger partial charge in [-0.25, -0.2) is 0 Å². The van der Waals surface area contributed by atoms with Crippen LogP contribution in [0.5, 0.6) is 0 Å². The predicted molar refractivity (Wildman–Crippen MR) is 91.3 cm³/mol. The first-order valence-corrected chi connectivity index (χ1v) is 8.42. The van der Waals surface area contributed by atoms with Crippen molar-refractivity contribution in [3.63, 3.8) is 0 Å². The third-order valence-corrected chi connectivity index (χ3v) is 4.76. The number of halogens is 1. The Morgan fingerprint density at radius 3 is 2.73 bits per heavy atom. The molecule has 3 rings (SSSR count). The van der Waals surface area contributed by atoms with Gasteiger partial charge in [-0.05, 0) is 30.2 Å². The highest BCUT2D eigenvalue weighted by molar-refractivity contribution is 7.98. The number of rotatable bonds is 5. The van der Waals surface area contributed by atoms with Crippen molar-refractivity contribution in [3.8, 4) is 0 Å². The van der Waals surface area contributed by atoms with E-state index in [1.165, 1.54) is 11.1 Å². The zero-order valence-electron chi connectivity index (χ0n) is 12.2. The maximum Gasteiger partial charge on any atom is 0.191 e. The number of benzene rings is 2. The van der Waals surface area contributed by atoms with Crippen LogP contribution in [0.25, 0.3) is 0 Å². The van der Waals surface area contributed by atoms with Crippen LogP contribution in [-0.2, 0) is 5.75 Å². The molecule has 0 fully saturated rings. The molecule has 0 aliphatic heterocycles. The minimum absolute atomic E-state index is 0.207. The van der Waals surface area contributed by atoms with E-state index >= 15 is 0 Å². The molecule has 112 valence electrons. The summed E-state index contributed by atoms with van der Waals surface area (Å²) in [5.74, 6) is 0.820. The van der Waals surface area contributed by atoms with Gasteiger partial charge in [0.2, 0.25) is 0 Å². The lowest BCUT2D eigenvalue weighted by atomic mass is 10.1. The van der Waals surface area contributed by atoms with E-state index in [2.05, 4.69) is 52.0 Å². The quantitative estimate of drug-likeness (QED) is 0.628. The number of nitrogens with zero attached hydrogens (tertiary/aromatic N) is 3. The first-order valence-electron chi connectivity index (χ1n) is 7.06. The van der Waals surface area contributed by atoms with Crippen LogP contribution in [0.15, 0.2) is 66.1 Å². The van der Waals surface area contributed by atoms with Crippen molar-refractivity contribution in [2.45, 2.75) is 23.9 Å². The van der Waals surface area contributed by atoms with Gasteiger partial charge in [-0.1, -0.05) is 65.8 Å². The second-order valence-electron chi connectivity index (χ2n) is 5.03. The molecule has 0 saturated carbocycles. The van der Waals surface area contributed by atoms with Gasteiger partial charge in [0.15, 0.2) is 5.16 Å². The number of hydrogen-bond acceptors (Lipinski definition) is 3. The summed E-state index contributed by atoms with van der Waals surface area (Å²) in [4.78, 5) is 0. The number of aromatic nitrogens is 3. The Bertz CT molecular complexity index is 742. The molecule has 0 N–H and O–H groups in total. The van der Waals surface area contributed by atoms with Crippen LogP contribution in [0.2, 0.25) is 5.02 Å². The summed E-state index contributed by atoms with van der Waals surface area (Å²) >= 11 is 7.69. The first kappa shape index (κ1) is 15.1. The zero-order chi connectivity index (χ0) is 15.4. The molecule has 1 unspecified atom stereocenters. The minimum Gasteiger partial charge on any atom is -0.301 e. The summed E-state index contributed by atoms with van der Waals surface area (Å²) in [7, 11) is 0. The molecule has 2 aromatic carbocycles. The lowest BCUT2D eigenvalue weighted by molar-refractivity contribution is 0.582. The van der Waals surface area contributed by atoms with Crippen molar-refractivity contribution >= 4 is 23.4 Å². The first-order chi connectivity index (χ1) is 10.7. The van der Waals surface area contributed by atoms with E-state index in [0.717, 1.165) is 15.9 Å². The molecule has 3 nitrogen and oxygen atoms in total. The average Bonchev–Trinajstić information content (AvgIpc) is 3.01. The van der Waals surface area contributed by atoms with Gasteiger partial charge in [-0.3, -0.25) is 0 Å². The van der Waals surface area contributed by atoms with Gasteiger partial charge in [0.25, 0.3) is 0 Å². The molecule has 0 spiro atoms. The monoisotopic (exact) mass is 329 g/mol. The van der Waals surface area contributed by atoms with Crippen LogP contribution in [-0.4, -0.2) is 14.8 Å². The molecule has 0 saturated heterocycles. The van der Waals surface area contributed by atoms with Crippen LogP contribution >= 0.6 is 23.4 Å². The van der Waals surface area contributed by atoms with Crippen LogP contribution in [0.1, 0.15) is 24.1 Å². The van der Waals surface area contributed by atoms with E-state index in [1.54, 1.807) is 18.1 Å². The van der Waals surface area contributed by atoms with Crippen molar-refractivity contribution in [3.05, 3.63) is 77.1 Å². The maximum atomic E-state index is 6.02. The standard InChI is InChI=1S/C17H16ClN3S/c1-13(15-7-3-2-4-8-15)21-12-19-20-17(21)22-11-14-6-5-9-16(18)10-14/h2-10,12-13H,11H2,1H3. The summed E-state index contributed by atoms with van der Waals surface area (Å²) in [6.07, 6.45) is 1.79. The maximum absolute atomic E-state index is 6.02. The summed E-state index contributed by atoms with van der Waals surface area (Å²) in [5, 5.41) is 9.98. The Balaban J connectivity index is 1.75. The van der Waals surface area contributed by atoms with E-state index in [-0.39, 0.29) is 6.04 Å². The van der Waals surface area contributed by atoms with Crippen molar-refractivity contribution in [1.29, 1.82) is 0 Å². The van der Waals surface area contributed by atoms with Gasteiger partial charge in [-0.15, -0.1) is 10.2 Å². The molecule has 1 atom stereocenters. The molecular formula is C17H16ClN3S. The zero-order valence-corrected chi connectivity index (χ0v) is 13.8. The predicted octanol–water partition coefficient (Wildman–Crippen LogP) is 4.83. The van der Waals surface area contributed by atoms with Gasteiger partial charge in [-0.2, -0.15) is 0 Å². The Morgan fingerprint density at radius 1 is 1.14 bits per heavy atom. The van der Waals surface area contributed by atoms with Crippen LogP contribution in [0.4, 0.5) is 0 Å². The largest absolute Gasteiger partial charge is 0.301 e.